The minimum absolute atomic E-state index is 0.0572. The number of methoxy groups -OCH3 is 1. The number of rotatable bonds is 4. The Morgan fingerprint density at radius 1 is 1.09 bits per heavy atom. The van der Waals surface area contributed by atoms with E-state index in [2.05, 4.69) is 33.4 Å². The second-order valence-corrected chi connectivity index (χ2v) is 6.87. The molecule has 120 valence electrons. The van der Waals surface area contributed by atoms with Crippen molar-refractivity contribution in [2.75, 3.05) is 12.4 Å². The van der Waals surface area contributed by atoms with Crippen LogP contribution in [0.15, 0.2) is 53.0 Å². The van der Waals surface area contributed by atoms with Crippen molar-refractivity contribution >= 4 is 27.5 Å². The van der Waals surface area contributed by atoms with Crippen molar-refractivity contribution in [2.45, 2.75) is 31.1 Å². The number of ether oxygens (including phenoxy) is 1. The van der Waals surface area contributed by atoms with E-state index in [4.69, 9.17) is 4.74 Å². The van der Waals surface area contributed by atoms with E-state index >= 15 is 0 Å². The van der Waals surface area contributed by atoms with E-state index in [0.29, 0.717) is 5.75 Å². The summed E-state index contributed by atoms with van der Waals surface area (Å²) in [4.78, 5) is 13.1. The molecule has 1 aliphatic rings. The second-order valence-electron chi connectivity index (χ2n) is 5.95. The molecule has 1 N–H and O–H groups in total. The fourth-order valence-electron chi connectivity index (χ4n) is 3.38. The zero-order valence-electron chi connectivity index (χ0n) is 13.1. The highest BCUT2D eigenvalue weighted by atomic mass is 79.9. The number of carbonyl (C=O) groups is 1. The largest absolute Gasteiger partial charge is 0.495 e. The molecule has 0 atom stereocenters. The summed E-state index contributed by atoms with van der Waals surface area (Å²) in [7, 11) is 1.62. The van der Waals surface area contributed by atoms with E-state index in [9.17, 15) is 4.79 Å². The van der Waals surface area contributed by atoms with Crippen molar-refractivity contribution in [3.63, 3.8) is 0 Å². The van der Waals surface area contributed by atoms with E-state index in [1.54, 1.807) is 7.11 Å². The SMILES string of the molecule is COc1ccccc1NC(=O)C1(c2ccc(Br)cc2)CCCC1. The quantitative estimate of drug-likeness (QED) is 0.826. The van der Waals surface area contributed by atoms with Gasteiger partial charge in [-0.15, -0.1) is 0 Å². The Balaban J connectivity index is 1.92. The van der Waals surface area contributed by atoms with Gasteiger partial charge in [-0.3, -0.25) is 4.79 Å². The third-order valence-electron chi connectivity index (χ3n) is 4.64. The van der Waals surface area contributed by atoms with Gasteiger partial charge in [0.05, 0.1) is 18.2 Å². The molecule has 4 heteroatoms. The molecule has 0 spiro atoms. The van der Waals surface area contributed by atoms with Gasteiger partial charge in [0.15, 0.2) is 0 Å². The van der Waals surface area contributed by atoms with Gasteiger partial charge in [-0.2, -0.15) is 0 Å². The highest BCUT2D eigenvalue weighted by Crippen LogP contribution is 2.42. The smallest absolute Gasteiger partial charge is 0.235 e. The lowest BCUT2D eigenvalue weighted by molar-refractivity contribution is -0.121. The molecule has 1 saturated carbocycles. The molecule has 23 heavy (non-hydrogen) atoms. The van der Waals surface area contributed by atoms with Gasteiger partial charge in [0, 0.05) is 4.47 Å². The number of carbonyl (C=O) groups excluding carboxylic acids is 1. The summed E-state index contributed by atoms with van der Waals surface area (Å²) in [5.41, 5.74) is 1.37. The maximum Gasteiger partial charge on any atom is 0.235 e. The molecule has 3 nitrogen and oxygen atoms in total. The van der Waals surface area contributed by atoms with Crippen molar-refractivity contribution in [1.82, 2.24) is 0 Å². The van der Waals surface area contributed by atoms with E-state index in [1.807, 2.05) is 36.4 Å². The van der Waals surface area contributed by atoms with Crippen LogP contribution in [0.1, 0.15) is 31.2 Å². The molecule has 1 amide bonds. The molecular formula is C19H20BrNO2. The highest BCUT2D eigenvalue weighted by Gasteiger charge is 2.42. The molecule has 0 radical (unpaired) electrons. The Labute approximate surface area is 145 Å². The molecule has 3 rings (SSSR count). The average Bonchev–Trinajstić information content (AvgIpc) is 3.07. The fraction of sp³-hybridized carbons (Fsp3) is 0.316. The maximum atomic E-state index is 13.1. The van der Waals surface area contributed by atoms with Crippen LogP contribution in [0.2, 0.25) is 0 Å². The summed E-state index contributed by atoms with van der Waals surface area (Å²) in [5.74, 6) is 0.742. The number of nitrogens with one attached hydrogen (secondary N) is 1. The number of halogens is 1. The Morgan fingerprint density at radius 2 is 1.74 bits per heavy atom. The van der Waals surface area contributed by atoms with Crippen molar-refractivity contribution in [3.05, 3.63) is 58.6 Å². The molecule has 0 aliphatic heterocycles. The van der Waals surface area contributed by atoms with Crippen LogP contribution in [0, 0.1) is 0 Å². The zero-order chi connectivity index (χ0) is 16.3. The molecule has 2 aromatic rings. The number of hydrogen-bond donors (Lipinski definition) is 1. The summed E-state index contributed by atoms with van der Waals surface area (Å²) >= 11 is 3.46. The summed E-state index contributed by atoms with van der Waals surface area (Å²) < 4.78 is 6.37. The summed E-state index contributed by atoms with van der Waals surface area (Å²) in [6.07, 6.45) is 3.93. The van der Waals surface area contributed by atoms with E-state index in [0.717, 1.165) is 41.4 Å². The highest BCUT2D eigenvalue weighted by molar-refractivity contribution is 9.10. The van der Waals surface area contributed by atoms with Crippen LogP contribution in [-0.2, 0) is 10.2 Å². The average molecular weight is 374 g/mol. The number of para-hydroxylation sites is 2. The molecule has 0 unspecified atom stereocenters. The summed E-state index contributed by atoms with van der Waals surface area (Å²) in [5, 5.41) is 3.08. The predicted octanol–water partition coefficient (Wildman–Crippen LogP) is 4.91. The van der Waals surface area contributed by atoms with Crippen LogP contribution in [0.25, 0.3) is 0 Å². The van der Waals surface area contributed by atoms with Crippen LogP contribution in [0.3, 0.4) is 0 Å². The standard InChI is InChI=1S/C19H20BrNO2/c1-23-17-7-3-2-6-16(17)21-18(22)19(12-4-5-13-19)14-8-10-15(20)11-9-14/h2-3,6-11H,4-5,12-13H2,1H3,(H,21,22). The Kier molecular flexibility index (Phi) is 4.71. The lowest BCUT2D eigenvalue weighted by Gasteiger charge is -2.28. The van der Waals surface area contributed by atoms with Gasteiger partial charge in [-0.25, -0.2) is 0 Å². The second kappa shape index (κ2) is 6.75. The zero-order valence-corrected chi connectivity index (χ0v) is 14.7. The lowest BCUT2D eigenvalue weighted by Crippen LogP contribution is -2.38. The van der Waals surface area contributed by atoms with Gasteiger partial charge < -0.3 is 10.1 Å². The minimum Gasteiger partial charge on any atom is -0.495 e. The summed E-state index contributed by atoms with van der Waals surface area (Å²) in [6, 6.07) is 15.6. The topological polar surface area (TPSA) is 38.3 Å². The molecule has 0 heterocycles. The number of amides is 1. The Hall–Kier alpha value is -1.81. The maximum absolute atomic E-state index is 13.1. The molecule has 1 fully saturated rings. The first-order valence-corrected chi connectivity index (χ1v) is 8.65. The van der Waals surface area contributed by atoms with Crippen LogP contribution in [-0.4, -0.2) is 13.0 Å². The van der Waals surface area contributed by atoms with Gasteiger partial charge >= 0.3 is 0 Å². The van der Waals surface area contributed by atoms with Crippen molar-refractivity contribution in [2.24, 2.45) is 0 Å². The molecule has 0 bridgehead atoms. The van der Waals surface area contributed by atoms with Crippen LogP contribution in [0.4, 0.5) is 5.69 Å². The molecule has 0 aromatic heterocycles. The first-order valence-electron chi connectivity index (χ1n) is 7.86. The number of anilines is 1. The predicted molar refractivity (Wildman–Crippen MR) is 95.9 cm³/mol. The Morgan fingerprint density at radius 3 is 2.39 bits per heavy atom. The van der Waals surface area contributed by atoms with Crippen LogP contribution in [0.5, 0.6) is 5.75 Å². The van der Waals surface area contributed by atoms with Gasteiger partial charge in [-0.05, 0) is 42.7 Å². The number of benzene rings is 2. The fourth-order valence-corrected chi connectivity index (χ4v) is 3.65. The normalized spacial score (nSPS) is 16.1. The third kappa shape index (κ3) is 3.13. The van der Waals surface area contributed by atoms with Crippen molar-refractivity contribution in [1.29, 1.82) is 0 Å². The molecule has 2 aromatic carbocycles. The van der Waals surface area contributed by atoms with Gasteiger partial charge in [0.25, 0.3) is 0 Å². The van der Waals surface area contributed by atoms with E-state index < -0.39 is 5.41 Å². The van der Waals surface area contributed by atoms with Gasteiger partial charge in [0.2, 0.25) is 5.91 Å². The molecule has 1 aliphatic carbocycles. The monoisotopic (exact) mass is 373 g/mol. The minimum atomic E-state index is -0.443. The van der Waals surface area contributed by atoms with Crippen molar-refractivity contribution < 1.29 is 9.53 Å². The number of hydrogen-bond acceptors (Lipinski definition) is 2. The van der Waals surface area contributed by atoms with Crippen LogP contribution < -0.4 is 10.1 Å². The van der Waals surface area contributed by atoms with Crippen LogP contribution >= 0.6 is 15.9 Å². The van der Waals surface area contributed by atoms with E-state index in [-0.39, 0.29) is 5.91 Å². The first-order chi connectivity index (χ1) is 11.2. The first kappa shape index (κ1) is 16.1. The Bertz CT molecular complexity index is 691. The molecule has 0 saturated heterocycles. The lowest BCUT2D eigenvalue weighted by atomic mass is 9.78. The van der Waals surface area contributed by atoms with Crippen molar-refractivity contribution in [3.8, 4) is 5.75 Å². The van der Waals surface area contributed by atoms with Gasteiger partial charge in [-0.1, -0.05) is 53.0 Å². The van der Waals surface area contributed by atoms with E-state index in [1.165, 1.54) is 0 Å². The third-order valence-corrected chi connectivity index (χ3v) is 5.17. The van der Waals surface area contributed by atoms with Gasteiger partial charge in [0.1, 0.15) is 5.75 Å². The molecular weight excluding hydrogens is 354 g/mol. The summed E-state index contributed by atoms with van der Waals surface area (Å²) in [6.45, 7) is 0.